The predicted molar refractivity (Wildman–Crippen MR) is 520 cm³/mol. The number of carbonyl (C=O) groups is 7. The van der Waals surface area contributed by atoms with Crippen molar-refractivity contribution in [3.05, 3.63) is 264 Å². The summed E-state index contributed by atoms with van der Waals surface area (Å²) >= 11 is 0. The first kappa shape index (κ1) is 114. The molecule has 6 amide bonds. The highest BCUT2D eigenvalue weighted by molar-refractivity contribution is 5.80. The van der Waals surface area contributed by atoms with E-state index in [1.807, 2.05) is 198 Å². The zero-order valence-electron chi connectivity index (χ0n) is 82.0. The molecular formula is C105H137N7O35. The lowest BCUT2D eigenvalue weighted by atomic mass is 9.73. The minimum absolute atomic E-state index is 0.0187. The number of alkyl carbamates (subject to hydrolysis) is 6. The number of hydrogen-bond donors (Lipinski definition) is 17. The summed E-state index contributed by atoms with van der Waals surface area (Å²) in [6.07, 6.45) is -14.4. The lowest BCUT2D eigenvalue weighted by Crippen LogP contribution is -2.61. The van der Waals surface area contributed by atoms with Crippen LogP contribution in [0.3, 0.4) is 0 Å². The molecule has 6 aromatic carbocycles. The summed E-state index contributed by atoms with van der Waals surface area (Å²) in [5.41, 5.74) is 11.1. The van der Waals surface area contributed by atoms with Crippen LogP contribution in [-0.2, 0) is 130 Å². The molecule has 0 aromatic heterocycles. The minimum atomic E-state index is -1.65. The van der Waals surface area contributed by atoms with Gasteiger partial charge in [-0.3, -0.25) is 4.79 Å². The largest absolute Gasteiger partial charge is 0.445 e. The Bertz CT molecular complexity index is 5070. The van der Waals surface area contributed by atoms with Crippen LogP contribution in [0.25, 0.3) is 0 Å². The van der Waals surface area contributed by atoms with E-state index in [1.54, 1.807) is 60.7 Å². The van der Waals surface area contributed by atoms with Crippen molar-refractivity contribution in [2.24, 2.45) is 29.4 Å². The maximum absolute atomic E-state index is 13.2. The van der Waals surface area contributed by atoms with Crippen molar-refractivity contribution in [1.82, 2.24) is 31.9 Å². The highest BCUT2D eigenvalue weighted by Crippen LogP contribution is 2.42. The Morgan fingerprint density at radius 2 is 0.605 bits per heavy atom. The summed E-state index contributed by atoms with van der Waals surface area (Å²) in [5.74, 6) is -2.35. The first-order valence-corrected chi connectivity index (χ1v) is 49.2. The molecule has 42 nitrogen and oxygen atoms in total. The molecule has 18 N–H and O–H groups in total. The zero-order valence-corrected chi connectivity index (χ0v) is 82.0. The number of aliphatic hydroxyl groups is 10. The molecule has 0 unspecified atom stereocenters. The molecule has 0 radical (unpaired) electrons. The van der Waals surface area contributed by atoms with Gasteiger partial charge in [0, 0.05) is 25.2 Å². The van der Waals surface area contributed by atoms with Crippen LogP contribution in [0.2, 0.25) is 0 Å². The number of aliphatic hydroxyl groups excluding tert-OH is 10. The molecule has 802 valence electrons. The van der Waals surface area contributed by atoms with Crippen LogP contribution in [-0.4, -0.2) is 312 Å². The molecule has 0 spiro atoms. The van der Waals surface area contributed by atoms with Gasteiger partial charge in [-0.2, -0.15) is 0 Å². The molecule has 6 aromatic rings. The van der Waals surface area contributed by atoms with Gasteiger partial charge in [0.2, 0.25) is 0 Å². The SMILES string of the molecule is CC[C@@H]1C=C[C@@H](NC(=O)OCc2ccccc2)[C@@H](O[C@H]2[C@H](O[C@@H]3O[C@H](CO)[C@@H](O[C@H]4O[C@@H](CNC(=O)OCc5ccccc5)C=C[C@H]4NC(=O)OCc4ccccc4)[C@H]3O)[C@@H](O)[C@H](CC(CO)CO)C[C@@H]2C)O1.CC[C@@H]1C=C[C@@H](NC(=O)OCc2ccccc2)[C@@H](O[C@H]2[C@H](O[C@@H]3O[C@H](CO)[C@@H](O[C@H]4O[C@@H](CNC(=O)OCc5ccccc5)C=C[C@H]4NC(=O)OCc4ccccc4)[C@H]3O)[C@@H](O)[C@H](N)C[C@@H]2C)O1.O=C(CO)CO. The summed E-state index contributed by atoms with van der Waals surface area (Å²) in [7, 11) is 0. The maximum atomic E-state index is 13.2. The molecule has 2 saturated heterocycles. The molecule has 42 heteroatoms. The smallest absolute Gasteiger partial charge is 0.408 e. The maximum Gasteiger partial charge on any atom is 0.408 e. The Balaban J connectivity index is 0.000000248. The number of Topliss-reactive ketones (excluding diaryl/α,β-unsaturated/α-hetero) is 1. The van der Waals surface area contributed by atoms with E-state index < -0.39 is 234 Å². The van der Waals surface area contributed by atoms with Crippen LogP contribution in [0.1, 0.15) is 93.2 Å². The van der Waals surface area contributed by atoms with Crippen LogP contribution in [0.15, 0.2) is 231 Å². The third-order valence-corrected chi connectivity index (χ3v) is 25.5. The van der Waals surface area contributed by atoms with Crippen molar-refractivity contribution in [3.63, 3.8) is 0 Å². The van der Waals surface area contributed by atoms with E-state index in [-0.39, 0.29) is 96.4 Å². The number of benzene rings is 6. The summed E-state index contributed by atoms with van der Waals surface area (Å²) in [4.78, 5) is 87.4. The number of carbonyl (C=O) groups excluding carboxylic acids is 7. The average Bonchev–Trinajstić information content (AvgIpc) is 1.09. The van der Waals surface area contributed by atoms with E-state index in [1.165, 1.54) is 0 Å². The fourth-order valence-electron chi connectivity index (χ4n) is 17.6. The topological polar surface area (TPSA) is 586 Å². The van der Waals surface area contributed by atoms with E-state index in [0.29, 0.717) is 25.7 Å². The minimum Gasteiger partial charge on any atom is -0.445 e. The summed E-state index contributed by atoms with van der Waals surface area (Å²) in [6, 6.07) is 50.4. The molecule has 0 bridgehead atoms. The second kappa shape index (κ2) is 59.1. The van der Waals surface area contributed by atoms with E-state index in [9.17, 15) is 74.4 Å². The lowest BCUT2D eigenvalue weighted by molar-refractivity contribution is -0.291. The Kier molecular flexibility index (Phi) is 46.0. The van der Waals surface area contributed by atoms with Gasteiger partial charge in [-0.1, -0.05) is 258 Å². The summed E-state index contributed by atoms with van der Waals surface area (Å²) in [5, 5.41) is 121. The number of ether oxygens (including phenoxy) is 18. The Morgan fingerprint density at radius 3 is 0.891 bits per heavy atom. The van der Waals surface area contributed by atoms with Gasteiger partial charge >= 0.3 is 36.6 Å². The molecule has 2 saturated carbocycles. The lowest BCUT2D eigenvalue weighted by Gasteiger charge is -2.47. The molecule has 30 atom stereocenters. The number of rotatable bonds is 42. The predicted octanol–water partition coefficient (Wildman–Crippen LogP) is 5.69. The van der Waals surface area contributed by atoms with E-state index in [4.69, 9.17) is 101 Å². The first-order chi connectivity index (χ1) is 71.2. The quantitative estimate of drug-likeness (QED) is 0.0161. The van der Waals surface area contributed by atoms with E-state index in [0.717, 1.165) is 33.4 Å². The Labute approximate surface area is 851 Å². The highest BCUT2D eigenvalue weighted by Gasteiger charge is 2.56. The van der Waals surface area contributed by atoms with Gasteiger partial charge < -0.3 is 174 Å². The van der Waals surface area contributed by atoms with Crippen molar-refractivity contribution >= 4 is 42.3 Å². The van der Waals surface area contributed by atoms with Gasteiger partial charge in [0.25, 0.3) is 0 Å². The van der Waals surface area contributed by atoms with Gasteiger partial charge in [0.05, 0.1) is 75.1 Å². The number of nitrogens with one attached hydrogen (secondary N) is 6. The Hall–Kier alpha value is -11.4. The second-order valence-electron chi connectivity index (χ2n) is 36.5. The normalized spacial score (nSPS) is 30.6. The fourth-order valence-corrected chi connectivity index (χ4v) is 17.6. The molecule has 6 aliphatic heterocycles. The van der Waals surface area contributed by atoms with Crippen LogP contribution < -0.4 is 37.6 Å². The average molecular weight is 2060 g/mol. The van der Waals surface area contributed by atoms with Gasteiger partial charge in [-0.25, -0.2) is 28.8 Å². The fraction of sp³-hybridized carbons (Fsp3) is 0.514. The monoisotopic (exact) mass is 2060 g/mol. The van der Waals surface area contributed by atoms with Crippen LogP contribution in [0, 0.1) is 23.7 Å². The van der Waals surface area contributed by atoms with Crippen molar-refractivity contribution in [2.45, 2.75) is 265 Å². The van der Waals surface area contributed by atoms with Crippen molar-refractivity contribution in [2.75, 3.05) is 52.7 Å². The molecule has 147 heavy (non-hydrogen) atoms. The van der Waals surface area contributed by atoms with Gasteiger partial charge in [-0.15, -0.1) is 0 Å². The number of amides is 6. The molecule has 14 rings (SSSR count). The molecule has 4 fully saturated rings. The van der Waals surface area contributed by atoms with Crippen LogP contribution in [0.5, 0.6) is 0 Å². The number of hydrogen-bond acceptors (Lipinski definition) is 36. The molecular weight excluding hydrogens is 1920 g/mol. The number of nitrogens with two attached hydrogens (primary N) is 1. The Morgan fingerprint density at radius 1 is 0.333 bits per heavy atom. The molecule has 8 aliphatic rings. The van der Waals surface area contributed by atoms with E-state index >= 15 is 0 Å². The van der Waals surface area contributed by atoms with Gasteiger partial charge in [-0.05, 0) is 83.2 Å². The number of ketones is 1. The van der Waals surface area contributed by atoms with Crippen molar-refractivity contribution in [1.29, 1.82) is 0 Å². The second-order valence-corrected chi connectivity index (χ2v) is 36.5. The summed E-state index contributed by atoms with van der Waals surface area (Å²) < 4.78 is 109. The first-order valence-electron chi connectivity index (χ1n) is 49.2. The summed E-state index contributed by atoms with van der Waals surface area (Å²) in [6.45, 7) is 4.49. The molecule has 2 aliphatic carbocycles. The standard InChI is InChI=1S/C53H69N3O17.C49H62N4O15.C3H6O3/c1-3-38-19-21-40(55-52(63)66-30-34-15-9-5-10-16-34)48(68-38)71-45-32(2)23-37(24-36(26-57)27-58)43(60)47(45)73-50-44(61)46(42(28-59)70-50)72-49-41(56-53(64)67-31-35-17-11-6-12-18-35)22-20-39(69-49)25-54-51(62)65-29-33-13-7-4-8-14-33;1-3-33-19-21-36(52-48(58)61-27-31-15-9-5-10-16-31)44(63-33)66-41-29(2)23-35(50)39(55)43(41)68-46-40(56)42(38(25-54)65-46)67-45-37(53-49(59)62-28-32-17-11-6-12-18-32)22-20-34(64-45)24-51-47(57)60-26-30-13-7-4-8-14-30;4-1-3(6)2-5/h4-22,32,36-50,57-61H,3,23-31H2,1-2H3,(H,54,62)(H,55,63)(H,56,64);4-22,29,33-46,54-56H,3,23-28,50H2,1-2H3,(H,51,57)(H,52,58)(H,53,59);4-5H,1-2H2/t32-,37-,38+,39+,40+,41+,42+,43-,44+,45+,46+,47+,48+,49+,50-;29-,33+,34+,35+,36+,37+,38+,39-,40+,41+,42+,43+,44+,45+,46-;/m00./s1. The third kappa shape index (κ3) is 34.9. The van der Waals surface area contributed by atoms with Crippen molar-refractivity contribution < 1.29 is 170 Å². The van der Waals surface area contributed by atoms with Crippen molar-refractivity contribution in [3.8, 4) is 0 Å². The zero-order chi connectivity index (χ0) is 105. The van der Waals surface area contributed by atoms with Gasteiger partial charge in [0.1, 0.15) is 126 Å². The highest BCUT2D eigenvalue weighted by atomic mass is 16.8. The van der Waals surface area contributed by atoms with E-state index in [2.05, 4.69) is 31.9 Å². The van der Waals surface area contributed by atoms with Gasteiger partial charge in [0.15, 0.2) is 43.5 Å². The molecule has 6 heterocycles. The van der Waals surface area contributed by atoms with Crippen LogP contribution >= 0.6 is 0 Å². The van der Waals surface area contributed by atoms with Crippen LogP contribution in [0.4, 0.5) is 28.8 Å². The third-order valence-electron chi connectivity index (χ3n) is 25.5.